The molecule has 1 amide bonds. The minimum atomic E-state index is -0.459. The number of hydrogen-bond acceptors (Lipinski definition) is 5. The minimum absolute atomic E-state index is 0.0425. The van der Waals surface area contributed by atoms with Gasteiger partial charge in [-0.3, -0.25) is 19.8 Å². The highest BCUT2D eigenvalue weighted by molar-refractivity contribution is 7.99. The van der Waals surface area contributed by atoms with Gasteiger partial charge >= 0.3 is 0 Å². The Morgan fingerprint density at radius 1 is 1.12 bits per heavy atom. The molecule has 26 heavy (non-hydrogen) atoms. The van der Waals surface area contributed by atoms with Crippen molar-refractivity contribution in [2.24, 2.45) is 0 Å². The number of aromatic nitrogens is 1. The van der Waals surface area contributed by atoms with Crippen molar-refractivity contribution in [2.75, 3.05) is 4.90 Å². The number of benzene rings is 2. The summed E-state index contributed by atoms with van der Waals surface area (Å²) in [4.78, 5) is 30.3. The number of anilines is 2. The number of rotatable bonds is 2. The lowest BCUT2D eigenvalue weighted by atomic mass is 10.1. The molecule has 0 saturated carbocycles. The van der Waals surface area contributed by atoms with E-state index in [2.05, 4.69) is 4.98 Å². The molecule has 1 aromatic heterocycles. The average Bonchev–Trinajstić information content (AvgIpc) is 2.76. The van der Waals surface area contributed by atoms with Crippen LogP contribution in [0.3, 0.4) is 0 Å². The van der Waals surface area contributed by atoms with Gasteiger partial charge in [0.2, 0.25) is 0 Å². The number of nitrogens with zero attached hydrogens (tertiary/aromatic N) is 3. The Labute approximate surface area is 157 Å². The quantitative estimate of drug-likeness (QED) is 0.455. The summed E-state index contributed by atoms with van der Waals surface area (Å²) in [5.74, 6) is -0.254. The number of carbonyl (C=O) groups is 1. The summed E-state index contributed by atoms with van der Waals surface area (Å²) in [6.45, 7) is 0. The predicted molar refractivity (Wildman–Crippen MR) is 99.4 cm³/mol. The highest BCUT2D eigenvalue weighted by Crippen LogP contribution is 2.44. The lowest BCUT2D eigenvalue weighted by Gasteiger charge is -2.23. The van der Waals surface area contributed by atoms with Crippen molar-refractivity contribution in [3.63, 3.8) is 0 Å². The molecule has 0 N–H and O–H groups in total. The fourth-order valence-electron chi connectivity index (χ4n) is 2.70. The molecule has 0 atom stereocenters. The van der Waals surface area contributed by atoms with Crippen molar-refractivity contribution in [3.8, 4) is 0 Å². The summed E-state index contributed by atoms with van der Waals surface area (Å²) < 4.78 is 0. The SMILES string of the molecule is O=C1c2cccnc2Sc2cc([N+](=O)[O-])ccc2N1c1ccc(Cl)cc1. The van der Waals surface area contributed by atoms with Gasteiger partial charge in [-0.1, -0.05) is 23.4 Å². The Morgan fingerprint density at radius 3 is 2.62 bits per heavy atom. The molecule has 0 aliphatic carbocycles. The maximum atomic E-state index is 13.2. The molecular weight excluding hydrogens is 374 g/mol. The second kappa shape index (κ2) is 6.44. The number of carbonyl (C=O) groups excluding carboxylic acids is 1. The molecule has 0 bridgehead atoms. The lowest BCUT2D eigenvalue weighted by molar-refractivity contribution is -0.385. The summed E-state index contributed by atoms with van der Waals surface area (Å²) in [5, 5.41) is 12.2. The lowest BCUT2D eigenvalue weighted by Crippen LogP contribution is -2.25. The molecule has 8 heteroatoms. The summed E-state index contributed by atoms with van der Waals surface area (Å²) in [6, 6.07) is 14.7. The van der Waals surface area contributed by atoms with E-state index >= 15 is 0 Å². The van der Waals surface area contributed by atoms with Crippen molar-refractivity contribution in [2.45, 2.75) is 9.92 Å². The van der Waals surface area contributed by atoms with Crippen LogP contribution in [0.4, 0.5) is 17.1 Å². The fourth-order valence-corrected chi connectivity index (χ4v) is 3.86. The van der Waals surface area contributed by atoms with E-state index in [9.17, 15) is 14.9 Å². The first-order valence-corrected chi connectivity index (χ1v) is 8.75. The van der Waals surface area contributed by atoms with Gasteiger partial charge in [-0.15, -0.1) is 0 Å². The van der Waals surface area contributed by atoms with E-state index in [0.717, 1.165) is 0 Å². The summed E-state index contributed by atoms with van der Waals surface area (Å²) >= 11 is 7.20. The number of fused-ring (bicyclic) bond motifs is 2. The Balaban J connectivity index is 1.96. The van der Waals surface area contributed by atoms with E-state index < -0.39 is 4.92 Å². The van der Waals surface area contributed by atoms with Crippen LogP contribution in [0.15, 0.2) is 70.7 Å². The Morgan fingerprint density at radius 2 is 1.88 bits per heavy atom. The van der Waals surface area contributed by atoms with E-state index in [0.29, 0.717) is 31.9 Å². The highest BCUT2D eigenvalue weighted by Gasteiger charge is 2.30. The number of hydrogen-bond donors (Lipinski definition) is 0. The molecule has 128 valence electrons. The first kappa shape index (κ1) is 16.6. The zero-order chi connectivity index (χ0) is 18.3. The van der Waals surface area contributed by atoms with Crippen LogP contribution in [-0.4, -0.2) is 15.8 Å². The number of amides is 1. The largest absolute Gasteiger partial charge is 0.276 e. The van der Waals surface area contributed by atoms with Crippen LogP contribution in [-0.2, 0) is 0 Å². The number of nitro benzene ring substituents is 1. The standard InChI is InChI=1S/C18H10ClN3O3S/c19-11-3-5-12(6-4-11)21-15-8-7-13(22(24)25)10-16(15)26-17-14(18(21)23)2-1-9-20-17/h1-10H. The summed E-state index contributed by atoms with van der Waals surface area (Å²) in [6.07, 6.45) is 1.59. The van der Waals surface area contributed by atoms with Gasteiger partial charge in [0.25, 0.3) is 11.6 Å². The zero-order valence-corrected chi connectivity index (χ0v) is 14.7. The fraction of sp³-hybridized carbons (Fsp3) is 0. The molecule has 0 unspecified atom stereocenters. The number of pyridine rings is 1. The summed E-state index contributed by atoms with van der Waals surface area (Å²) in [7, 11) is 0. The Hall–Kier alpha value is -2.90. The van der Waals surface area contributed by atoms with Crippen LogP contribution in [0.2, 0.25) is 5.02 Å². The van der Waals surface area contributed by atoms with Crippen molar-refractivity contribution < 1.29 is 9.72 Å². The number of halogens is 1. The van der Waals surface area contributed by atoms with Gasteiger partial charge in [0, 0.05) is 33.9 Å². The third-order valence-electron chi connectivity index (χ3n) is 3.89. The van der Waals surface area contributed by atoms with Gasteiger partial charge in [0.05, 0.1) is 16.2 Å². The van der Waals surface area contributed by atoms with Gasteiger partial charge in [-0.05, 0) is 42.5 Å². The van der Waals surface area contributed by atoms with Crippen LogP contribution < -0.4 is 4.90 Å². The van der Waals surface area contributed by atoms with Gasteiger partial charge in [-0.25, -0.2) is 4.98 Å². The second-order valence-electron chi connectivity index (χ2n) is 5.48. The van der Waals surface area contributed by atoms with Gasteiger partial charge in [0.15, 0.2) is 0 Å². The van der Waals surface area contributed by atoms with Crippen LogP contribution in [0.5, 0.6) is 0 Å². The molecule has 2 heterocycles. The minimum Gasteiger partial charge on any atom is -0.276 e. The van der Waals surface area contributed by atoms with Gasteiger partial charge in [-0.2, -0.15) is 0 Å². The maximum Gasteiger partial charge on any atom is 0.270 e. The van der Waals surface area contributed by atoms with Crippen molar-refractivity contribution >= 4 is 46.3 Å². The van der Waals surface area contributed by atoms with Crippen molar-refractivity contribution in [1.29, 1.82) is 0 Å². The third-order valence-corrected chi connectivity index (χ3v) is 5.21. The normalized spacial score (nSPS) is 13.0. The van der Waals surface area contributed by atoms with Gasteiger partial charge < -0.3 is 0 Å². The molecule has 2 aromatic carbocycles. The van der Waals surface area contributed by atoms with Crippen LogP contribution in [0, 0.1) is 10.1 Å². The third kappa shape index (κ3) is 2.81. The molecule has 0 spiro atoms. The number of nitro groups is 1. The molecule has 6 nitrogen and oxygen atoms in total. The average molecular weight is 384 g/mol. The van der Waals surface area contributed by atoms with Crippen LogP contribution >= 0.6 is 23.4 Å². The van der Waals surface area contributed by atoms with Gasteiger partial charge in [0.1, 0.15) is 5.03 Å². The van der Waals surface area contributed by atoms with Crippen LogP contribution in [0.1, 0.15) is 10.4 Å². The van der Waals surface area contributed by atoms with Crippen LogP contribution in [0.25, 0.3) is 0 Å². The topological polar surface area (TPSA) is 76.3 Å². The first-order valence-electron chi connectivity index (χ1n) is 7.56. The molecule has 3 aromatic rings. The van der Waals surface area contributed by atoms with E-state index in [1.54, 1.807) is 48.7 Å². The first-order chi connectivity index (χ1) is 12.5. The smallest absolute Gasteiger partial charge is 0.270 e. The van der Waals surface area contributed by atoms with Crippen molar-refractivity contribution in [3.05, 3.63) is 81.5 Å². The van der Waals surface area contributed by atoms with E-state index in [4.69, 9.17) is 11.6 Å². The predicted octanol–water partition coefficient (Wildman–Crippen LogP) is 5.09. The molecular formula is C18H10ClN3O3S. The zero-order valence-electron chi connectivity index (χ0n) is 13.1. The van der Waals surface area contributed by atoms with E-state index in [-0.39, 0.29) is 11.6 Å². The Bertz CT molecular complexity index is 1040. The molecule has 1 aliphatic rings. The monoisotopic (exact) mass is 383 g/mol. The molecule has 0 fully saturated rings. The highest BCUT2D eigenvalue weighted by atomic mass is 35.5. The molecule has 1 aliphatic heterocycles. The second-order valence-corrected chi connectivity index (χ2v) is 6.95. The Kier molecular flexibility index (Phi) is 4.10. The molecule has 0 radical (unpaired) electrons. The van der Waals surface area contributed by atoms with E-state index in [1.807, 2.05) is 0 Å². The summed E-state index contributed by atoms with van der Waals surface area (Å²) in [5.41, 5.74) is 1.57. The molecule has 4 rings (SSSR count). The van der Waals surface area contributed by atoms with Crippen molar-refractivity contribution in [1.82, 2.24) is 4.98 Å². The maximum absolute atomic E-state index is 13.2. The van der Waals surface area contributed by atoms with E-state index in [1.165, 1.54) is 28.8 Å². The number of non-ortho nitro benzene ring substituents is 1. The molecule has 0 saturated heterocycles.